The SMILES string of the molecule is CCCOC(CC)(OCCC)[SiH2]c1ccc([SiH2]C(CC)(OCCC)OCCC)cc1. The van der Waals surface area contributed by atoms with Crippen LogP contribution in [0.5, 0.6) is 0 Å². The Hall–Kier alpha value is -0.506. The van der Waals surface area contributed by atoms with Crippen LogP contribution in [-0.4, -0.2) is 56.3 Å². The standard InChI is InChI=1S/C24H46O4Si2/c1-7-17-25-23(11-5,26-18-8-2)29-21-13-15-22(16-14-21)30-24(12-6,27-19-9-3)28-20-10-4/h13-16H,7-12,17-20,29-30H2,1-6H3. The molecule has 4 nitrogen and oxygen atoms in total. The average molecular weight is 455 g/mol. The molecule has 0 saturated heterocycles. The molecule has 0 saturated carbocycles. The maximum Gasteiger partial charge on any atom is 0.149 e. The third kappa shape index (κ3) is 9.32. The summed E-state index contributed by atoms with van der Waals surface area (Å²) in [6, 6.07) is 9.18. The van der Waals surface area contributed by atoms with Gasteiger partial charge in [0.25, 0.3) is 0 Å². The molecular weight excluding hydrogens is 408 g/mol. The summed E-state index contributed by atoms with van der Waals surface area (Å²) in [5, 5.41) is 2.79. The molecule has 0 amide bonds. The van der Waals surface area contributed by atoms with Crippen molar-refractivity contribution in [2.75, 3.05) is 26.4 Å². The minimum absolute atomic E-state index is 0.382. The predicted octanol–water partition coefficient (Wildman–Crippen LogP) is 3.11. The van der Waals surface area contributed by atoms with E-state index in [0.717, 1.165) is 65.0 Å². The Morgan fingerprint density at radius 3 is 1.00 bits per heavy atom. The van der Waals surface area contributed by atoms with E-state index in [1.165, 1.54) is 10.4 Å². The van der Waals surface area contributed by atoms with Crippen LogP contribution in [0.4, 0.5) is 0 Å². The molecule has 0 heterocycles. The highest BCUT2D eigenvalue weighted by Gasteiger charge is 2.32. The molecule has 0 N–H and O–H groups in total. The number of benzene rings is 1. The molecule has 0 fully saturated rings. The number of hydrogen-bond donors (Lipinski definition) is 0. The molecule has 0 radical (unpaired) electrons. The first-order valence-corrected chi connectivity index (χ1v) is 15.0. The lowest BCUT2D eigenvalue weighted by molar-refractivity contribution is -0.181. The third-order valence-corrected chi connectivity index (χ3v) is 9.98. The molecule has 0 unspecified atom stereocenters. The molecule has 1 aromatic carbocycles. The lowest BCUT2D eigenvalue weighted by Crippen LogP contribution is -2.49. The summed E-state index contributed by atoms with van der Waals surface area (Å²) >= 11 is 0. The summed E-state index contributed by atoms with van der Waals surface area (Å²) < 4.78 is 25.0. The van der Waals surface area contributed by atoms with Crippen molar-refractivity contribution >= 4 is 29.4 Å². The highest BCUT2D eigenvalue weighted by atomic mass is 28.2. The van der Waals surface area contributed by atoms with Crippen LogP contribution in [0.2, 0.25) is 0 Å². The van der Waals surface area contributed by atoms with Crippen LogP contribution in [0, 0.1) is 0 Å². The van der Waals surface area contributed by atoms with Crippen molar-refractivity contribution in [3.63, 3.8) is 0 Å². The van der Waals surface area contributed by atoms with Crippen molar-refractivity contribution in [1.29, 1.82) is 0 Å². The zero-order valence-electron chi connectivity index (χ0n) is 20.4. The van der Waals surface area contributed by atoms with Crippen molar-refractivity contribution in [2.24, 2.45) is 0 Å². The molecule has 0 aliphatic rings. The molecule has 0 aliphatic carbocycles. The maximum absolute atomic E-state index is 6.26. The lowest BCUT2D eigenvalue weighted by atomic mass is 10.4. The highest BCUT2D eigenvalue weighted by molar-refractivity contribution is 6.58. The van der Waals surface area contributed by atoms with Crippen molar-refractivity contribution in [3.05, 3.63) is 24.3 Å². The van der Waals surface area contributed by atoms with Crippen LogP contribution >= 0.6 is 0 Å². The normalized spacial score (nSPS) is 13.3. The van der Waals surface area contributed by atoms with E-state index >= 15 is 0 Å². The van der Waals surface area contributed by atoms with Crippen molar-refractivity contribution in [2.45, 2.75) is 90.9 Å². The fourth-order valence-corrected chi connectivity index (χ4v) is 7.17. The Labute approximate surface area is 190 Å². The van der Waals surface area contributed by atoms with Gasteiger partial charge in [0.05, 0.1) is 0 Å². The van der Waals surface area contributed by atoms with Crippen molar-refractivity contribution < 1.29 is 18.9 Å². The molecule has 1 aromatic rings. The number of rotatable bonds is 18. The monoisotopic (exact) mass is 454 g/mol. The van der Waals surface area contributed by atoms with Crippen LogP contribution in [-0.2, 0) is 18.9 Å². The largest absolute Gasteiger partial charge is 0.354 e. The minimum Gasteiger partial charge on any atom is -0.354 e. The smallest absolute Gasteiger partial charge is 0.149 e. The van der Waals surface area contributed by atoms with Gasteiger partial charge in [-0.15, -0.1) is 0 Å². The van der Waals surface area contributed by atoms with Gasteiger partial charge in [0.15, 0.2) is 0 Å². The van der Waals surface area contributed by atoms with Gasteiger partial charge < -0.3 is 18.9 Å². The molecule has 0 atom stereocenters. The van der Waals surface area contributed by atoms with Crippen molar-refractivity contribution in [3.8, 4) is 0 Å². The van der Waals surface area contributed by atoms with Crippen LogP contribution in [0.3, 0.4) is 0 Å². The van der Waals surface area contributed by atoms with Gasteiger partial charge in [-0.25, -0.2) is 0 Å². The van der Waals surface area contributed by atoms with Gasteiger partial charge in [-0.3, -0.25) is 0 Å². The van der Waals surface area contributed by atoms with Crippen LogP contribution < -0.4 is 10.4 Å². The zero-order valence-corrected chi connectivity index (χ0v) is 23.3. The molecule has 0 aromatic heterocycles. The Balaban J connectivity index is 2.92. The summed E-state index contributed by atoms with van der Waals surface area (Å²) in [4.78, 5) is 0. The highest BCUT2D eigenvalue weighted by Crippen LogP contribution is 2.19. The van der Waals surface area contributed by atoms with Crippen LogP contribution in [0.25, 0.3) is 0 Å². The first-order chi connectivity index (χ1) is 14.5. The summed E-state index contributed by atoms with van der Waals surface area (Å²) in [5.74, 6) is 0. The van der Waals surface area contributed by atoms with E-state index in [4.69, 9.17) is 18.9 Å². The van der Waals surface area contributed by atoms with E-state index in [9.17, 15) is 0 Å². The molecule has 30 heavy (non-hydrogen) atoms. The molecule has 1 rings (SSSR count). The van der Waals surface area contributed by atoms with Gasteiger partial charge >= 0.3 is 0 Å². The summed E-state index contributed by atoms with van der Waals surface area (Å²) in [6.45, 7) is 16.0. The molecule has 0 spiro atoms. The third-order valence-electron chi connectivity index (χ3n) is 5.32. The molecule has 0 bridgehead atoms. The zero-order chi connectivity index (χ0) is 22.3. The first-order valence-electron chi connectivity index (χ1n) is 12.2. The second kappa shape index (κ2) is 15.3. The van der Waals surface area contributed by atoms with E-state index in [2.05, 4.69) is 65.8 Å². The van der Waals surface area contributed by atoms with Gasteiger partial charge in [-0.05, 0) is 38.5 Å². The molecular formula is C24H46O4Si2. The van der Waals surface area contributed by atoms with Gasteiger partial charge in [0.1, 0.15) is 29.9 Å². The number of hydrogen-bond acceptors (Lipinski definition) is 4. The Morgan fingerprint density at radius 1 is 0.533 bits per heavy atom. The average Bonchev–Trinajstić information content (AvgIpc) is 2.79. The minimum atomic E-state index is -0.726. The van der Waals surface area contributed by atoms with Crippen LogP contribution in [0.15, 0.2) is 24.3 Å². The molecule has 174 valence electrons. The van der Waals surface area contributed by atoms with Gasteiger partial charge in [-0.1, -0.05) is 76.2 Å². The first kappa shape index (κ1) is 27.5. The maximum atomic E-state index is 6.26. The van der Waals surface area contributed by atoms with E-state index < -0.39 is 19.0 Å². The Morgan fingerprint density at radius 2 is 0.800 bits per heavy atom. The van der Waals surface area contributed by atoms with E-state index in [1.54, 1.807) is 0 Å². The quantitative estimate of drug-likeness (QED) is 0.252. The van der Waals surface area contributed by atoms with E-state index in [-0.39, 0.29) is 10.8 Å². The Kier molecular flexibility index (Phi) is 14.1. The van der Waals surface area contributed by atoms with Crippen molar-refractivity contribution in [1.82, 2.24) is 0 Å². The Bertz CT molecular complexity index is 486. The lowest BCUT2D eigenvalue weighted by Gasteiger charge is -2.34. The van der Waals surface area contributed by atoms with E-state index in [0.29, 0.717) is 0 Å². The van der Waals surface area contributed by atoms with Crippen LogP contribution in [0.1, 0.15) is 80.1 Å². The summed E-state index contributed by atoms with van der Waals surface area (Å²) in [7, 11) is -1.45. The fourth-order valence-electron chi connectivity index (χ4n) is 3.49. The number of ether oxygens (including phenoxy) is 4. The molecule has 0 aliphatic heterocycles. The predicted molar refractivity (Wildman–Crippen MR) is 134 cm³/mol. The fraction of sp³-hybridized carbons (Fsp3) is 0.750. The topological polar surface area (TPSA) is 36.9 Å². The van der Waals surface area contributed by atoms with Gasteiger partial charge in [0.2, 0.25) is 0 Å². The second-order valence-corrected chi connectivity index (χ2v) is 12.6. The van der Waals surface area contributed by atoms with Gasteiger partial charge in [-0.2, -0.15) is 0 Å². The van der Waals surface area contributed by atoms with Gasteiger partial charge in [0, 0.05) is 26.4 Å². The van der Waals surface area contributed by atoms with E-state index in [1.807, 2.05) is 0 Å². The molecule has 6 heteroatoms. The summed E-state index contributed by atoms with van der Waals surface area (Å²) in [6.07, 6.45) is 5.89. The summed E-state index contributed by atoms with van der Waals surface area (Å²) in [5.41, 5.74) is -0.765. The second-order valence-electron chi connectivity index (χ2n) is 8.09.